The van der Waals surface area contributed by atoms with E-state index in [4.69, 9.17) is 0 Å². The summed E-state index contributed by atoms with van der Waals surface area (Å²) in [5.41, 5.74) is 3.14. The van der Waals surface area contributed by atoms with Crippen LogP contribution in [-0.2, 0) is 5.41 Å². The van der Waals surface area contributed by atoms with E-state index in [0.29, 0.717) is 6.04 Å². The Labute approximate surface area is 101 Å². The van der Waals surface area contributed by atoms with E-state index in [1.807, 2.05) is 0 Å². The molecule has 0 saturated carbocycles. The van der Waals surface area contributed by atoms with Crippen molar-refractivity contribution in [2.75, 3.05) is 11.4 Å². The lowest BCUT2D eigenvalue weighted by atomic mass is 9.87. The molecule has 2 rings (SSSR count). The van der Waals surface area contributed by atoms with Crippen molar-refractivity contribution < 1.29 is 0 Å². The first-order valence-electron chi connectivity index (χ1n) is 5.48. The largest absolute Gasteiger partial charge is 0.368 e. The summed E-state index contributed by atoms with van der Waals surface area (Å²) in [4.78, 5) is 2.49. The van der Waals surface area contributed by atoms with Gasteiger partial charge in [0, 0.05) is 28.2 Å². The van der Waals surface area contributed by atoms with E-state index in [2.05, 4.69) is 66.7 Å². The Hall–Kier alpha value is -0.500. The predicted molar refractivity (Wildman–Crippen MR) is 69.7 cm³/mol. The molecule has 82 valence electrons. The Kier molecular flexibility index (Phi) is 2.58. The zero-order valence-electron chi connectivity index (χ0n) is 9.84. The van der Waals surface area contributed by atoms with Gasteiger partial charge in [0.2, 0.25) is 0 Å². The SMILES string of the molecule is CC(C)N1CC(C)(C)c2ccc(Br)cc21. The van der Waals surface area contributed by atoms with E-state index in [1.165, 1.54) is 15.7 Å². The number of fused-ring (bicyclic) bond motifs is 1. The molecule has 15 heavy (non-hydrogen) atoms. The molecule has 0 unspecified atom stereocenters. The third-order valence-electron chi connectivity index (χ3n) is 3.19. The quantitative estimate of drug-likeness (QED) is 0.745. The second-order valence-electron chi connectivity index (χ2n) is 5.27. The maximum Gasteiger partial charge on any atom is 0.0418 e. The lowest BCUT2D eigenvalue weighted by Gasteiger charge is -2.26. The summed E-state index contributed by atoms with van der Waals surface area (Å²) in [6, 6.07) is 7.20. The van der Waals surface area contributed by atoms with Crippen molar-refractivity contribution in [3.05, 3.63) is 28.2 Å². The summed E-state index contributed by atoms with van der Waals surface area (Å²) in [6.07, 6.45) is 0. The van der Waals surface area contributed by atoms with E-state index in [1.54, 1.807) is 0 Å². The number of benzene rings is 1. The zero-order chi connectivity index (χ0) is 11.2. The Morgan fingerprint density at radius 2 is 2.00 bits per heavy atom. The molecule has 0 saturated heterocycles. The molecule has 1 heterocycles. The van der Waals surface area contributed by atoms with Gasteiger partial charge in [-0.2, -0.15) is 0 Å². The van der Waals surface area contributed by atoms with Gasteiger partial charge in [-0.05, 0) is 31.5 Å². The Bertz CT molecular complexity index is 382. The third kappa shape index (κ3) is 1.80. The number of nitrogens with zero attached hydrogens (tertiary/aromatic N) is 1. The Morgan fingerprint density at radius 1 is 1.33 bits per heavy atom. The normalized spacial score (nSPS) is 18.4. The predicted octanol–water partition coefficient (Wildman–Crippen LogP) is 3.96. The molecule has 0 aliphatic carbocycles. The zero-order valence-corrected chi connectivity index (χ0v) is 11.4. The van der Waals surface area contributed by atoms with E-state index in [9.17, 15) is 0 Å². The molecule has 0 fully saturated rings. The van der Waals surface area contributed by atoms with Crippen molar-refractivity contribution in [3.63, 3.8) is 0 Å². The maximum absolute atomic E-state index is 3.55. The van der Waals surface area contributed by atoms with Crippen LogP contribution in [-0.4, -0.2) is 12.6 Å². The number of anilines is 1. The van der Waals surface area contributed by atoms with Crippen molar-refractivity contribution in [1.29, 1.82) is 0 Å². The highest BCUT2D eigenvalue weighted by Crippen LogP contribution is 2.42. The highest BCUT2D eigenvalue weighted by Gasteiger charge is 2.35. The lowest BCUT2D eigenvalue weighted by molar-refractivity contribution is 0.532. The fourth-order valence-corrected chi connectivity index (χ4v) is 2.72. The fourth-order valence-electron chi connectivity index (χ4n) is 2.37. The molecule has 1 aliphatic rings. The van der Waals surface area contributed by atoms with Crippen LogP contribution >= 0.6 is 15.9 Å². The Morgan fingerprint density at radius 3 is 2.60 bits per heavy atom. The molecular weight excluding hydrogens is 250 g/mol. The van der Waals surface area contributed by atoms with Gasteiger partial charge in [-0.25, -0.2) is 0 Å². The molecule has 1 nitrogen and oxygen atoms in total. The second kappa shape index (κ2) is 3.51. The van der Waals surface area contributed by atoms with Gasteiger partial charge in [-0.3, -0.25) is 0 Å². The second-order valence-corrected chi connectivity index (χ2v) is 6.18. The van der Waals surface area contributed by atoms with Crippen LogP contribution in [0, 0.1) is 0 Å². The number of hydrogen-bond acceptors (Lipinski definition) is 1. The van der Waals surface area contributed by atoms with Gasteiger partial charge in [0.15, 0.2) is 0 Å². The minimum absolute atomic E-state index is 0.278. The van der Waals surface area contributed by atoms with Gasteiger partial charge in [0.1, 0.15) is 0 Å². The van der Waals surface area contributed by atoms with Crippen LogP contribution in [0.4, 0.5) is 5.69 Å². The fraction of sp³-hybridized carbons (Fsp3) is 0.538. The van der Waals surface area contributed by atoms with Crippen molar-refractivity contribution in [2.24, 2.45) is 0 Å². The molecule has 0 spiro atoms. The van der Waals surface area contributed by atoms with Gasteiger partial charge in [-0.1, -0.05) is 35.8 Å². The van der Waals surface area contributed by atoms with Crippen molar-refractivity contribution in [1.82, 2.24) is 0 Å². The topological polar surface area (TPSA) is 3.24 Å². The van der Waals surface area contributed by atoms with Crippen molar-refractivity contribution in [2.45, 2.75) is 39.2 Å². The standard InChI is InChI=1S/C13H18BrN/c1-9(2)15-8-13(3,4)11-6-5-10(14)7-12(11)15/h5-7,9H,8H2,1-4H3. The van der Waals surface area contributed by atoms with Crippen LogP contribution in [0.25, 0.3) is 0 Å². The molecule has 1 aliphatic heterocycles. The first kappa shape index (κ1) is 11.0. The molecule has 0 amide bonds. The molecule has 1 aromatic carbocycles. The highest BCUT2D eigenvalue weighted by atomic mass is 79.9. The summed E-state index contributed by atoms with van der Waals surface area (Å²) in [6.45, 7) is 10.3. The summed E-state index contributed by atoms with van der Waals surface area (Å²) < 4.78 is 1.17. The third-order valence-corrected chi connectivity index (χ3v) is 3.68. The van der Waals surface area contributed by atoms with E-state index < -0.39 is 0 Å². The van der Waals surface area contributed by atoms with Crippen LogP contribution in [0.1, 0.15) is 33.3 Å². The first-order valence-corrected chi connectivity index (χ1v) is 6.28. The van der Waals surface area contributed by atoms with Crippen LogP contribution in [0.2, 0.25) is 0 Å². The van der Waals surface area contributed by atoms with Crippen molar-refractivity contribution >= 4 is 21.6 Å². The maximum atomic E-state index is 3.55. The van der Waals surface area contributed by atoms with Gasteiger partial charge in [0.25, 0.3) is 0 Å². The van der Waals surface area contributed by atoms with Crippen LogP contribution < -0.4 is 4.90 Å². The number of hydrogen-bond donors (Lipinski definition) is 0. The molecule has 0 radical (unpaired) electrons. The smallest absolute Gasteiger partial charge is 0.0418 e. The minimum atomic E-state index is 0.278. The van der Waals surface area contributed by atoms with Crippen LogP contribution in [0.5, 0.6) is 0 Å². The molecule has 0 N–H and O–H groups in total. The number of rotatable bonds is 1. The van der Waals surface area contributed by atoms with Crippen LogP contribution in [0.3, 0.4) is 0 Å². The van der Waals surface area contributed by atoms with E-state index in [-0.39, 0.29) is 5.41 Å². The Balaban J connectivity index is 2.53. The molecule has 0 bridgehead atoms. The summed E-state index contributed by atoms with van der Waals surface area (Å²) in [5.74, 6) is 0. The van der Waals surface area contributed by atoms with Crippen molar-refractivity contribution in [3.8, 4) is 0 Å². The average Bonchev–Trinajstić information content (AvgIpc) is 2.38. The van der Waals surface area contributed by atoms with Gasteiger partial charge in [-0.15, -0.1) is 0 Å². The molecule has 0 atom stereocenters. The van der Waals surface area contributed by atoms with Gasteiger partial charge in [0.05, 0.1) is 0 Å². The highest BCUT2D eigenvalue weighted by molar-refractivity contribution is 9.10. The number of halogens is 1. The van der Waals surface area contributed by atoms with Gasteiger partial charge < -0.3 is 4.90 Å². The van der Waals surface area contributed by atoms with Gasteiger partial charge >= 0.3 is 0 Å². The summed E-state index contributed by atoms with van der Waals surface area (Å²) >= 11 is 3.55. The molecule has 1 aromatic rings. The molecule has 0 aromatic heterocycles. The molecular formula is C13H18BrN. The average molecular weight is 268 g/mol. The van der Waals surface area contributed by atoms with E-state index >= 15 is 0 Å². The monoisotopic (exact) mass is 267 g/mol. The first-order chi connectivity index (χ1) is 6.92. The lowest BCUT2D eigenvalue weighted by Crippen LogP contribution is -2.33. The molecule has 2 heteroatoms. The van der Waals surface area contributed by atoms with Crippen LogP contribution in [0.15, 0.2) is 22.7 Å². The van der Waals surface area contributed by atoms with E-state index in [0.717, 1.165) is 6.54 Å². The minimum Gasteiger partial charge on any atom is -0.368 e. The summed E-state index contributed by atoms with van der Waals surface area (Å²) in [5, 5.41) is 0. The summed E-state index contributed by atoms with van der Waals surface area (Å²) in [7, 11) is 0.